The predicted octanol–water partition coefficient (Wildman–Crippen LogP) is 3.17. The summed E-state index contributed by atoms with van der Waals surface area (Å²) < 4.78 is 13.1. The third-order valence-electron chi connectivity index (χ3n) is 6.47. The summed E-state index contributed by atoms with van der Waals surface area (Å²) in [5.41, 5.74) is 2.59. The number of nitrogens with zero attached hydrogens (tertiary/aromatic N) is 1. The molecule has 4 nitrogen and oxygen atoms in total. The van der Waals surface area contributed by atoms with Crippen LogP contribution in [-0.4, -0.2) is 49.0 Å². The zero-order chi connectivity index (χ0) is 17.7. The molecule has 0 radical (unpaired) electrons. The van der Waals surface area contributed by atoms with Crippen LogP contribution in [0.2, 0.25) is 0 Å². The van der Waals surface area contributed by atoms with Crippen molar-refractivity contribution in [1.82, 2.24) is 0 Å². The monoisotopic (exact) mass is 344 g/mol. The normalized spacial score (nSPS) is 35.5. The first-order valence-electron chi connectivity index (χ1n) is 9.59. The first kappa shape index (κ1) is 16.9. The van der Waals surface area contributed by atoms with Crippen molar-refractivity contribution in [3.63, 3.8) is 0 Å². The van der Waals surface area contributed by atoms with Crippen LogP contribution < -0.4 is 9.47 Å². The Labute approximate surface area is 150 Å². The lowest BCUT2D eigenvalue weighted by Crippen LogP contribution is -2.47. The van der Waals surface area contributed by atoms with Gasteiger partial charge in [-0.25, -0.2) is 0 Å². The second kappa shape index (κ2) is 6.03. The van der Waals surface area contributed by atoms with Gasteiger partial charge in [0.05, 0.1) is 38.8 Å². The van der Waals surface area contributed by atoms with Crippen LogP contribution in [0.15, 0.2) is 24.3 Å². The molecule has 136 valence electrons. The fourth-order valence-electron chi connectivity index (χ4n) is 5.01. The smallest absolute Gasteiger partial charge is 0.166 e. The largest absolute Gasteiger partial charge is 0.493 e. The Balaban J connectivity index is 1.84. The average molecular weight is 344 g/mol. The highest BCUT2D eigenvalue weighted by atomic mass is 16.5. The van der Waals surface area contributed by atoms with Crippen molar-refractivity contribution < 1.29 is 19.1 Å². The lowest BCUT2D eigenvalue weighted by Gasteiger charge is -2.37. The van der Waals surface area contributed by atoms with E-state index in [1.807, 2.05) is 6.08 Å². The first-order chi connectivity index (χ1) is 12.0. The summed E-state index contributed by atoms with van der Waals surface area (Å²) in [6.45, 7) is 5.66. The van der Waals surface area contributed by atoms with Gasteiger partial charge in [0.25, 0.3) is 0 Å². The molecule has 3 aliphatic rings. The Morgan fingerprint density at radius 1 is 1.40 bits per heavy atom. The quantitative estimate of drug-likeness (QED) is 0.673. The molecule has 1 spiro atoms. The molecular formula is C21H30NO3+. The molecule has 0 saturated heterocycles. The average Bonchev–Trinajstić information content (AvgIpc) is 2.87. The van der Waals surface area contributed by atoms with E-state index >= 15 is 0 Å². The topological polar surface area (TPSA) is 38.7 Å². The van der Waals surface area contributed by atoms with E-state index in [1.54, 1.807) is 7.11 Å². The third kappa shape index (κ3) is 2.58. The molecule has 2 heterocycles. The molecule has 0 aromatic heterocycles. The maximum Gasteiger partial charge on any atom is 0.166 e. The zero-order valence-corrected chi connectivity index (χ0v) is 15.6. The van der Waals surface area contributed by atoms with E-state index in [0.29, 0.717) is 6.42 Å². The van der Waals surface area contributed by atoms with Crippen LogP contribution in [0.4, 0.5) is 0 Å². The van der Waals surface area contributed by atoms with E-state index in [-0.39, 0.29) is 11.5 Å². The van der Waals surface area contributed by atoms with Crippen LogP contribution in [0.3, 0.4) is 0 Å². The van der Waals surface area contributed by atoms with Crippen LogP contribution in [-0.2, 0) is 12.0 Å². The van der Waals surface area contributed by atoms with Crippen LogP contribution in [0.5, 0.6) is 11.5 Å². The minimum Gasteiger partial charge on any atom is -0.493 e. The molecule has 0 amide bonds. The summed E-state index contributed by atoms with van der Waals surface area (Å²) in [6, 6.07) is 4.28. The highest BCUT2D eigenvalue weighted by Gasteiger charge is 2.54. The molecule has 0 bridgehead atoms. The Bertz CT molecular complexity index is 701. The second-order valence-electron chi connectivity index (χ2n) is 8.27. The molecule has 4 atom stereocenters. The van der Waals surface area contributed by atoms with E-state index in [1.165, 1.54) is 30.5 Å². The van der Waals surface area contributed by atoms with E-state index in [9.17, 15) is 5.11 Å². The van der Waals surface area contributed by atoms with Crippen molar-refractivity contribution in [2.24, 2.45) is 0 Å². The van der Waals surface area contributed by atoms with Gasteiger partial charge in [0.1, 0.15) is 12.6 Å². The maximum absolute atomic E-state index is 10.1. The van der Waals surface area contributed by atoms with Crippen molar-refractivity contribution in [3.8, 4) is 11.5 Å². The highest BCUT2D eigenvalue weighted by molar-refractivity contribution is 5.60. The summed E-state index contributed by atoms with van der Waals surface area (Å²) in [4.78, 5) is 0. The molecule has 0 saturated carbocycles. The Kier molecular flexibility index (Phi) is 4.08. The van der Waals surface area contributed by atoms with Gasteiger partial charge in [-0.1, -0.05) is 25.5 Å². The second-order valence-corrected chi connectivity index (χ2v) is 8.27. The third-order valence-corrected chi connectivity index (χ3v) is 6.47. The summed E-state index contributed by atoms with van der Waals surface area (Å²) >= 11 is 0. The van der Waals surface area contributed by atoms with Gasteiger partial charge >= 0.3 is 0 Å². The Morgan fingerprint density at radius 3 is 3.00 bits per heavy atom. The Hall–Kier alpha value is -1.52. The summed E-state index contributed by atoms with van der Waals surface area (Å²) in [5.74, 6) is 1.73. The van der Waals surface area contributed by atoms with Gasteiger partial charge in [0.15, 0.2) is 11.5 Å². The van der Waals surface area contributed by atoms with Gasteiger partial charge < -0.3 is 19.1 Å². The minimum absolute atomic E-state index is 0.00951. The van der Waals surface area contributed by atoms with Crippen molar-refractivity contribution in [2.75, 3.05) is 27.2 Å². The minimum atomic E-state index is -0.413. The van der Waals surface area contributed by atoms with E-state index in [2.05, 4.69) is 32.2 Å². The number of hydrogen-bond donors (Lipinski definition) is 1. The van der Waals surface area contributed by atoms with Gasteiger partial charge in [-0.2, -0.15) is 0 Å². The fourth-order valence-corrected chi connectivity index (χ4v) is 5.01. The Morgan fingerprint density at radius 2 is 2.24 bits per heavy atom. The van der Waals surface area contributed by atoms with Gasteiger partial charge in [-0.15, -0.1) is 0 Å². The van der Waals surface area contributed by atoms with Gasteiger partial charge in [0, 0.05) is 24.0 Å². The molecule has 0 fully saturated rings. The number of aliphatic hydroxyl groups is 1. The lowest BCUT2D eigenvalue weighted by molar-refractivity contribution is -0.922. The maximum atomic E-state index is 10.1. The van der Waals surface area contributed by atoms with Crippen molar-refractivity contribution in [2.45, 2.75) is 56.8 Å². The number of benzene rings is 1. The number of aliphatic hydroxyl groups excluding tert-OH is 1. The number of quaternary nitrogens is 1. The van der Waals surface area contributed by atoms with Crippen LogP contribution in [0.1, 0.15) is 43.7 Å². The molecule has 25 heavy (non-hydrogen) atoms. The molecule has 4 rings (SSSR count). The first-order valence-corrected chi connectivity index (χ1v) is 9.59. The number of unbranched alkanes of at least 4 members (excludes halogenated alkanes) is 1. The summed E-state index contributed by atoms with van der Waals surface area (Å²) in [6.07, 6.45) is 8.02. The van der Waals surface area contributed by atoms with Gasteiger partial charge in [0.2, 0.25) is 0 Å². The van der Waals surface area contributed by atoms with E-state index < -0.39 is 6.10 Å². The molecule has 4 heteroatoms. The van der Waals surface area contributed by atoms with Crippen LogP contribution in [0.25, 0.3) is 0 Å². The van der Waals surface area contributed by atoms with Crippen molar-refractivity contribution >= 4 is 0 Å². The molecule has 1 aliphatic carbocycles. The fraction of sp³-hybridized carbons (Fsp3) is 0.619. The van der Waals surface area contributed by atoms with E-state index in [0.717, 1.165) is 35.5 Å². The molecule has 1 aromatic rings. The summed E-state index contributed by atoms with van der Waals surface area (Å²) in [7, 11) is 4.10. The SMILES string of the molecule is CCCC[N+]1(C)CC[C@@]23C=C[C@@H](O)C[C@H]2Oc2c(OC)ccc(c23)C1. The summed E-state index contributed by atoms with van der Waals surface area (Å²) in [5, 5.41) is 10.1. The lowest BCUT2D eigenvalue weighted by atomic mass is 9.69. The van der Waals surface area contributed by atoms with Crippen LogP contribution in [0, 0.1) is 0 Å². The number of methoxy groups -OCH3 is 1. The molecular weight excluding hydrogens is 314 g/mol. The number of hydrogen-bond acceptors (Lipinski definition) is 3. The molecule has 1 N–H and O–H groups in total. The highest BCUT2D eigenvalue weighted by Crippen LogP contribution is 2.56. The standard InChI is InChI=1S/C21H30NO3/c1-4-5-11-22(2)12-10-21-9-8-16(23)13-18(21)25-20-17(24-3)7-6-15(14-22)19(20)21/h6-9,16,18,23H,4-5,10-14H2,1-3H3/q+1/t16-,18-,21+,22?/m1/s1. The molecule has 2 aliphatic heterocycles. The van der Waals surface area contributed by atoms with Crippen LogP contribution >= 0.6 is 0 Å². The van der Waals surface area contributed by atoms with Crippen molar-refractivity contribution in [1.29, 1.82) is 0 Å². The molecule has 1 unspecified atom stereocenters. The molecule has 1 aromatic carbocycles. The number of ether oxygens (including phenoxy) is 2. The predicted molar refractivity (Wildman–Crippen MR) is 98.0 cm³/mol. The van der Waals surface area contributed by atoms with Gasteiger partial charge in [-0.05, 0) is 18.6 Å². The van der Waals surface area contributed by atoms with Crippen molar-refractivity contribution in [3.05, 3.63) is 35.4 Å². The zero-order valence-electron chi connectivity index (χ0n) is 15.6. The van der Waals surface area contributed by atoms with E-state index in [4.69, 9.17) is 9.47 Å². The van der Waals surface area contributed by atoms with Gasteiger partial charge in [-0.3, -0.25) is 0 Å². The number of rotatable bonds is 4.